The number of anilines is 2. The van der Waals surface area contributed by atoms with Crippen molar-refractivity contribution in [3.8, 4) is 0 Å². The highest BCUT2D eigenvalue weighted by Crippen LogP contribution is 2.31. The number of nitrogens with one attached hydrogen (secondary N) is 1. The second-order valence-corrected chi connectivity index (χ2v) is 12.3. The van der Waals surface area contributed by atoms with Gasteiger partial charge < -0.3 is 20.0 Å². The third-order valence-electron chi connectivity index (χ3n) is 7.17. The van der Waals surface area contributed by atoms with Crippen LogP contribution in [0, 0.1) is 26.7 Å². The number of hydrogen-bond donors (Lipinski definition) is 3. The molecule has 1 unspecified atom stereocenters. The maximum absolute atomic E-state index is 13.2. The summed E-state index contributed by atoms with van der Waals surface area (Å²) < 4.78 is 60.7. The minimum Gasteiger partial charge on any atom is -0.478 e. The number of halogens is 3. The number of carboxylic acids is 2. The van der Waals surface area contributed by atoms with Crippen LogP contribution in [0.25, 0.3) is 0 Å². The molecule has 13 heteroatoms. The Balaban J connectivity index is 0.000000587. The van der Waals surface area contributed by atoms with Gasteiger partial charge in [-0.25, -0.2) is 18.0 Å². The number of benzene rings is 2. The molecule has 4 rings (SSSR count). The highest BCUT2D eigenvalue weighted by atomic mass is 32.2. The van der Waals surface area contributed by atoms with Gasteiger partial charge in [0.1, 0.15) is 0 Å². The number of aliphatic carboxylic acids is 1. The lowest BCUT2D eigenvalue weighted by Gasteiger charge is -2.36. The van der Waals surface area contributed by atoms with Gasteiger partial charge in [-0.1, -0.05) is 17.7 Å². The van der Waals surface area contributed by atoms with Crippen LogP contribution in [-0.2, 0) is 14.8 Å². The lowest BCUT2D eigenvalue weighted by atomic mass is 9.96. The van der Waals surface area contributed by atoms with Gasteiger partial charge in [-0.2, -0.15) is 13.2 Å². The second-order valence-electron chi connectivity index (χ2n) is 10.6. The van der Waals surface area contributed by atoms with E-state index in [0.717, 1.165) is 51.1 Å². The van der Waals surface area contributed by atoms with Crippen molar-refractivity contribution in [1.29, 1.82) is 0 Å². The Kier molecular flexibility index (Phi) is 10.3. The fourth-order valence-corrected chi connectivity index (χ4v) is 7.11. The normalized spacial score (nSPS) is 18.0. The molecule has 0 aliphatic carbocycles. The summed E-state index contributed by atoms with van der Waals surface area (Å²) in [6.07, 6.45) is -0.377. The van der Waals surface area contributed by atoms with Crippen molar-refractivity contribution in [1.82, 2.24) is 4.90 Å². The summed E-state index contributed by atoms with van der Waals surface area (Å²) in [6, 6.07) is 8.53. The van der Waals surface area contributed by atoms with Crippen LogP contribution in [0.5, 0.6) is 0 Å². The number of piperidine rings is 1. The van der Waals surface area contributed by atoms with E-state index in [1.807, 2.05) is 19.1 Å². The minimum absolute atomic E-state index is 0.124. The largest absolute Gasteiger partial charge is 0.490 e. The smallest absolute Gasteiger partial charge is 0.478 e. The maximum Gasteiger partial charge on any atom is 0.490 e. The molecule has 2 saturated heterocycles. The molecule has 2 aromatic rings. The number of rotatable bonds is 7. The predicted octanol–water partition coefficient (Wildman–Crippen LogP) is 5.06. The molecule has 41 heavy (non-hydrogen) atoms. The monoisotopic (exact) mass is 599 g/mol. The molecule has 0 saturated carbocycles. The van der Waals surface area contributed by atoms with Crippen LogP contribution >= 0.6 is 0 Å². The molecule has 0 bridgehead atoms. The quantitative estimate of drug-likeness (QED) is 0.403. The van der Waals surface area contributed by atoms with E-state index in [4.69, 9.17) is 9.90 Å². The van der Waals surface area contributed by atoms with Gasteiger partial charge in [-0.3, -0.25) is 4.72 Å². The van der Waals surface area contributed by atoms with Crippen LogP contribution in [0.4, 0.5) is 24.5 Å². The molecular weight excluding hydrogens is 563 g/mol. The zero-order valence-electron chi connectivity index (χ0n) is 23.3. The van der Waals surface area contributed by atoms with Gasteiger partial charge in [0.2, 0.25) is 0 Å². The summed E-state index contributed by atoms with van der Waals surface area (Å²) in [4.78, 5) is 25.9. The van der Waals surface area contributed by atoms with Crippen molar-refractivity contribution < 1.29 is 41.4 Å². The number of likely N-dealkylation sites (tertiary alicyclic amines) is 1. The van der Waals surface area contributed by atoms with E-state index in [1.54, 1.807) is 26.0 Å². The highest BCUT2D eigenvalue weighted by molar-refractivity contribution is 7.92. The minimum atomic E-state index is -5.08. The van der Waals surface area contributed by atoms with E-state index in [9.17, 15) is 31.5 Å². The predicted molar refractivity (Wildman–Crippen MR) is 149 cm³/mol. The number of carboxylic acid groups (broad SMARTS) is 2. The second kappa shape index (κ2) is 13.1. The van der Waals surface area contributed by atoms with Crippen LogP contribution in [0.1, 0.15) is 52.7 Å². The van der Waals surface area contributed by atoms with E-state index in [2.05, 4.69) is 14.5 Å². The van der Waals surface area contributed by atoms with Gasteiger partial charge >= 0.3 is 18.1 Å². The van der Waals surface area contributed by atoms with Crippen LogP contribution < -0.4 is 9.62 Å². The summed E-state index contributed by atoms with van der Waals surface area (Å²) >= 11 is 0. The molecule has 2 aliphatic rings. The molecule has 0 spiro atoms. The molecule has 0 amide bonds. The van der Waals surface area contributed by atoms with Crippen LogP contribution in [0.3, 0.4) is 0 Å². The van der Waals surface area contributed by atoms with Crippen molar-refractivity contribution in [3.05, 3.63) is 52.6 Å². The van der Waals surface area contributed by atoms with Crippen molar-refractivity contribution in [2.24, 2.45) is 5.92 Å². The lowest BCUT2D eigenvalue weighted by molar-refractivity contribution is -0.192. The molecule has 3 N–H and O–H groups in total. The van der Waals surface area contributed by atoms with Crippen molar-refractivity contribution in [2.75, 3.05) is 42.3 Å². The van der Waals surface area contributed by atoms with Crippen LogP contribution in [0.15, 0.2) is 35.2 Å². The number of hydrogen-bond acceptors (Lipinski definition) is 6. The molecule has 2 fully saturated rings. The number of nitrogens with zero attached hydrogens (tertiary/aromatic N) is 2. The van der Waals surface area contributed by atoms with Gasteiger partial charge in [0.15, 0.2) is 0 Å². The van der Waals surface area contributed by atoms with E-state index < -0.39 is 28.1 Å². The first kappa shape index (κ1) is 32.2. The Bertz CT molecular complexity index is 1350. The third-order valence-corrected chi connectivity index (χ3v) is 8.86. The first-order valence-electron chi connectivity index (χ1n) is 13.3. The zero-order chi connectivity index (χ0) is 30.5. The summed E-state index contributed by atoms with van der Waals surface area (Å²) in [5, 5.41) is 17.1. The van der Waals surface area contributed by atoms with E-state index in [0.29, 0.717) is 22.7 Å². The van der Waals surface area contributed by atoms with E-state index >= 15 is 0 Å². The zero-order valence-corrected chi connectivity index (χ0v) is 24.1. The fraction of sp³-hybridized carbons (Fsp3) is 0.500. The van der Waals surface area contributed by atoms with Gasteiger partial charge in [0.25, 0.3) is 10.0 Å². The Morgan fingerprint density at radius 1 is 0.976 bits per heavy atom. The molecule has 0 radical (unpaired) electrons. The molecule has 1 atom stereocenters. The summed E-state index contributed by atoms with van der Waals surface area (Å²) in [5.74, 6) is -3.30. The Labute approximate surface area is 238 Å². The molecule has 2 aliphatic heterocycles. The number of alkyl halides is 3. The molecule has 2 aromatic carbocycles. The molecule has 9 nitrogen and oxygen atoms in total. The van der Waals surface area contributed by atoms with Gasteiger partial charge in [-0.15, -0.1) is 0 Å². The van der Waals surface area contributed by atoms with E-state index in [1.165, 1.54) is 18.9 Å². The summed E-state index contributed by atoms with van der Waals surface area (Å²) in [7, 11) is -3.86. The Hall–Kier alpha value is -3.32. The first-order chi connectivity index (χ1) is 19.1. The highest BCUT2D eigenvalue weighted by Gasteiger charge is 2.38. The van der Waals surface area contributed by atoms with Crippen molar-refractivity contribution in [2.45, 2.75) is 57.5 Å². The first-order valence-corrected chi connectivity index (χ1v) is 14.8. The molecular formula is C28H36F3N3O6S. The lowest BCUT2D eigenvalue weighted by Crippen LogP contribution is -2.41. The van der Waals surface area contributed by atoms with Gasteiger partial charge in [0, 0.05) is 25.3 Å². The maximum atomic E-state index is 13.2. The summed E-state index contributed by atoms with van der Waals surface area (Å²) in [6.45, 7) is 10.5. The van der Waals surface area contributed by atoms with Crippen LogP contribution in [0.2, 0.25) is 0 Å². The van der Waals surface area contributed by atoms with E-state index in [-0.39, 0.29) is 16.1 Å². The molecule has 226 valence electrons. The van der Waals surface area contributed by atoms with Gasteiger partial charge in [0.05, 0.1) is 16.1 Å². The molecule has 0 aromatic heterocycles. The number of carbonyl (C=O) groups is 2. The van der Waals surface area contributed by atoms with Crippen molar-refractivity contribution in [3.63, 3.8) is 0 Å². The number of aromatic carboxylic acids is 1. The number of aryl methyl sites for hydroxylation is 3. The third kappa shape index (κ3) is 8.59. The standard InChI is InChI=1S/C26H35N3O4S.C2HF3O2/c1-18-13-19(2)25(20(3)14-18)34(32,33)27-22-8-9-24(23(15-22)26(30)31)29-12-6-7-21(17-29)16-28-10-4-5-11-28;3-2(4,5)1(6)7/h8-9,13-15,21,27H,4-7,10-12,16-17H2,1-3H3,(H,30,31);(H,6,7). The average molecular weight is 600 g/mol. The Morgan fingerprint density at radius 2 is 1.56 bits per heavy atom. The number of sulfonamides is 1. The Morgan fingerprint density at radius 3 is 2.10 bits per heavy atom. The SMILES string of the molecule is Cc1cc(C)c(S(=O)(=O)Nc2ccc(N3CCCC(CN4CCCC4)C3)c(C(=O)O)c2)c(C)c1.O=C(O)C(F)(F)F. The summed E-state index contributed by atoms with van der Waals surface area (Å²) in [5.41, 5.74) is 3.36. The fourth-order valence-electron chi connectivity index (χ4n) is 5.61. The van der Waals surface area contributed by atoms with Gasteiger partial charge in [-0.05, 0) is 94.8 Å². The molecule has 2 heterocycles. The average Bonchev–Trinajstić information content (AvgIpc) is 3.36. The van der Waals surface area contributed by atoms with Crippen molar-refractivity contribution >= 4 is 33.3 Å². The van der Waals surface area contributed by atoms with Crippen LogP contribution in [-0.4, -0.2) is 74.4 Å². The topological polar surface area (TPSA) is 127 Å².